The maximum Gasteiger partial charge on any atom is 0.150 e. The first kappa shape index (κ1) is 23.1. The molecule has 1 aliphatic rings. The molecule has 0 spiro atoms. The van der Waals surface area contributed by atoms with Crippen LogP contribution in [0.1, 0.15) is 50.1 Å². The minimum absolute atomic E-state index is 0.0565. The van der Waals surface area contributed by atoms with Crippen LogP contribution in [-0.2, 0) is 30.7 Å². The maximum atomic E-state index is 9.82. The predicted molar refractivity (Wildman–Crippen MR) is 138 cm³/mol. The molecule has 4 aromatic rings. The van der Waals surface area contributed by atoms with Gasteiger partial charge in [0.2, 0.25) is 0 Å². The van der Waals surface area contributed by atoms with Gasteiger partial charge in [-0.3, -0.25) is 0 Å². The standard InChI is InChI=1S/C27H32N4O2S/c1-17(2)12-21-20-15-33-27(3,4)13-19(20)22-23-24(34-26(22)30-21)25(29-16-28-23)31(10-11-32)14-18-8-6-5-7-9-18/h5-9,16-17,32H,10-15H2,1-4H3. The first-order valence-electron chi connectivity index (χ1n) is 12.0. The average Bonchev–Trinajstić information content (AvgIpc) is 3.17. The molecule has 0 bridgehead atoms. The van der Waals surface area contributed by atoms with Gasteiger partial charge in [0, 0.05) is 36.2 Å². The fourth-order valence-electron chi connectivity index (χ4n) is 4.83. The second kappa shape index (κ2) is 9.21. The van der Waals surface area contributed by atoms with Gasteiger partial charge in [0.15, 0.2) is 5.82 Å². The number of hydrogen-bond acceptors (Lipinski definition) is 7. The highest BCUT2D eigenvalue weighted by Gasteiger charge is 2.32. The zero-order chi connectivity index (χ0) is 23.9. The Morgan fingerprint density at radius 1 is 1.15 bits per heavy atom. The quantitative estimate of drug-likeness (QED) is 0.391. The Balaban J connectivity index is 1.70. The molecule has 4 heterocycles. The summed E-state index contributed by atoms with van der Waals surface area (Å²) in [5.74, 6) is 1.37. The van der Waals surface area contributed by atoms with Crippen LogP contribution in [0.2, 0.25) is 0 Å². The average molecular weight is 477 g/mol. The minimum Gasteiger partial charge on any atom is -0.395 e. The van der Waals surface area contributed by atoms with Gasteiger partial charge in [0.05, 0.1) is 29.0 Å². The van der Waals surface area contributed by atoms with E-state index in [9.17, 15) is 5.11 Å². The summed E-state index contributed by atoms with van der Waals surface area (Å²) in [5, 5.41) is 11.0. The Morgan fingerprint density at radius 2 is 1.94 bits per heavy atom. The zero-order valence-corrected chi connectivity index (χ0v) is 21.2. The van der Waals surface area contributed by atoms with Gasteiger partial charge in [0.25, 0.3) is 0 Å². The number of aliphatic hydroxyl groups excluding tert-OH is 1. The van der Waals surface area contributed by atoms with Crippen molar-refractivity contribution in [3.05, 3.63) is 59.0 Å². The molecule has 178 valence electrons. The molecule has 0 saturated heterocycles. The fraction of sp³-hybridized carbons (Fsp3) is 0.444. The largest absolute Gasteiger partial charge is 0.395 e. The van der Waals surface area contributed by atoms with E-state index in [2.05, 4.69) is 44.7 Å². The van der Waals surface area contributed by atoms with Gasteiger partial charge in [-0.25, -0.2) is 15.0 Å². The number of benzene rings is 1. The Morgan fingerprint density at radius 3 is 2.68 bits per heavy atom. The number of nitrogens with zero attached hydrogens (tertiary/aromatic N) is 4. The lowest BCUT2D eigenvalue weighted by Crippen LogP contribution is -2.33. The Bertz CT molecular complexity index is 1320. The molecule has 1 N–H and O–H groups in total. The zero-order valence-electron chi connectivity index (χ0n) is 20.3. The molecule has 0 unspecified atom stereocenters. The van der Waals surface area contributed by atoms with E-state index in [0.29, 0.717) is 25.6 Å². The Labute approximate surface area is 204 Å². The second-order valence-electron chi connectivity index (χ2n) is 10.1. The molecule has 5 rings (SSSR count). The number of aromatic nitrogens is 3. The van der Waals surface area contributed by atoms with E-state index in [1.54, 1.807) is 17.7 Å². The summed E-state index contributed by atoms with van der Waals surface area (Å²) in [4.78, 5) is 17.8. The van der Waals surface area contributed by atoms with Crippen molar-refractivity contribution in [2.45, 2.75) is 59.3 Å². The van der Waals surface area contributed by atoms with Gasteiger partial charge in [-0.15, -0.1) is 11.3 Å². The summed E-state index contributed by atoms with van der Waals surface area (Å²) < 4.78 is 7.24. The van der Waals surface area contributed by atoms with E-state index >= 15 is 0 Å². The lowest BCUT2D eigenvalue weighted by atomic mass is 9.88. The van der Waals surface area contributed by atoms with E-state index in [1.165, 1.54) is 16.7 Å². The monoisotopic (exact) mass is 476 g/mol. The lowest BCUT2D eigenvalue weighted by Gasteiger charge is -2.33. The van der Waals surface area contributed by atoms with Gasteiger partial charge in [-0.05, 0) is 37.3 Å². The van der Waals surface area contributed by atoms with Crippen LogP contribution in [0.4, 0.5) is 5.82 Å². The van der Waals surface area contributed by atoms with E-state index in [-0.39, 0.29) is 12.2 Å². The normalized spacial score (nSPS) is 15.2. The third kappa shape index (κ3) is 4.40. The van der Waals surface area contributed by atoms with Crippen LogP contribution in [0.3, 0.4) is 0 Å². The molecule has 0 atom stereocenters. The van der Waals surface area contributed by atoms with Crippen LogP contribution < -0.4 is 4.90 Å². The highest BCUT2D eigenvalue weighted by molar-refractivity contribution is 7.26. The Hall–Kier alpha value is -2.61. The molecular weight excluding hydrogens is 444 g/mol. The van der Waals surface area contributed by atoms with E-state index < -0.39 is 0 Å². The highest BCUT2D eigenvalue weighted by Crippen LogP contribution is 2.43. The number of ether oxygens (including phenoxy) is 1. The van der Waals surface area contributed by atoms with Crippen LogP contribution in [0, 0.1) is 5.92 Å². The predicted octanol–water partition coefficient (Wildman–Crippen LogP) is 5.29. The summed E-state index contributed by atoms with van der Waals surface area (Å²) >= 11 is 1.67. The molecule has 1 aromatic carbocycles. The number of pyridine rings is 1. The van der Waals surface area contributed by atoms with Crippen molar-refractivity contribution >= 4 is 37.6 Å². The molecule has 0 amide bonds. The SMILES string of the molecule is CC(C)Cc1nc2sc3c(N(CCO)Cc4ccccc4)ncnc3c2c2c1COC(C)(C)C2. The van der Waals surface area contributed by atoms with E-state index in [0.717, 1.165) is 44.8 Å². The highest BCUT2D eigenvalue weighted by atomic mass is 32.1. The van der Waals surface area contributed by atoms with Crippen molar-refractivity contribution in [2.75, 3.05) is 18.1 Å². The van der Waals surface area contributed by atoms with Crippen LogP contribution in [0.15, 0.2) is 36.7 Å². The third-order valence-electron chi connectivity index (χ3n) is 6.38. The first-order valence-corrected chi connectivity index (χ1v) is 12.8. The van der Waals surface area contributed by atoms with E-state index in [1.807, 2.05) is 18.2 Å². The van der Waals surface area contributed by atoms with Crippen molar-refractivity contribution in [2.24, 2.45) is 5.92 Å². The summed E-state index contributed by atoms with van der Waals surface area (Å²) in [6.45, 7) is 10.6. The van der Waals surface area contributed by atoms with Crippen molar-refractivity contribution < 1.29 is 9.84 Å². The second-order valence-corrected chi connectivity index (χ2v) is 11.1. The van der Waals surface area contributed by atoms with Crippen LogP contribution in [0.5, 0.6) is 0 Å². The summed E-state index contributed by atoms with van der Waals surface area (Å²) in [6, 6.07) is 10.3. The van der Waals surface area contributed by atoms with Gasteiger partial charge >= 0.3 is 0 Å². The molecule has 0 saturated carbocycles. The molecule has 3 aromatic heterocycles. The van der Waals surface area contributed by atoms with Gasteiger partial charge in [-0.1, -0.05) is 44.2 Å². The van der Waals surface area contributed by atoms with Crippen molar-refractivity contribution in [3.63, 3.8) is 0 Å². The molecule has 1 aliphatic heterocycles. The summed E-state index contributed by atoms with van der Waals surface area (Å²) in [7, 11) is 0. The van der Waals surface area contributed by atoms with Gasteiger partial charge < -0.3 is 14.7 Å². The smallest absolute Gasteiger partial charge is 0.150 e. The number of hydrogen-bond donors (Lipinski definition) is 1. The molecule has 34 heavy (non-hydrogen) atoms. The summed E-state index contributed by atoms with van der Waals surface area (Å²) in [5.41, 5.74) is 5.61. The molecule has 0 fully saturated rings. The number of thiophene rings is 1. The molecule has 6 nitrogen and oxygen atoms in total. The van der Waals surface area contributed by atoms with Crippen molar-refractivity contribution in [1.82, 2.24) is 15.0 Å². The molecular formula is C27H32N4O2S. The molecule has 0 radical (unpaired) electrons. The first-order chi connectivity index (χ1) is 16.4. The van der Waals surface area contributed by atoms with Crippen molar-refractivity contribution in [3.8, 4) is 0 Å². The lowest BCUT2D eigenvalue weighted by molar-refractivity contribution is -0.0402. The van der Waals surface area contributed by atoms with Crippen LogP contribution in [-0.4, -0.2) is 38.8 Å². The summed E-state index contributed by atoms with van der Waals surface area (Å²) in [6.07, 6.45) is 3.42. The maximum absolute atomic E-state index is 9.82. The topological polar surface area (TPSA) is 71.4 Å². The van der Waals surface area contributed by atoms with E-state index in [4.69, 9.17) is 19.7 Å². The van der Waals surface area contributed by atoms with Crippen molar-refractivity contribution in [1.29, 1.82) is 0 Å². The number of fused-ring (bicyclic) bond motifs is 5. The van der Waals surface area contributed by atoms with Crippen LogP contribution >= 0.6 is 11.3 Å². The fourth-order valence-corrected chi connectivity index (χ4v) is 6.02. The van der Waals surface area contributed by atoms with Gasteiger partial charge in [-0.2, -0.15) is 0 Å². The third-order valence-corrected chi connectivity index (χ3v) is 7.45. The minimum atomic E-state index is -0.225. The van der Waals surface area contributed by atoms with Gasteiger partial charge in [0.1, 0.15) is 11.2 Å². The number of rotatable bonds is 7. The molecule has 7 heteroatoms. The number of anilines is 1. The Kier molecular flexibility index (Phi) is 6.27. The number of aliphatic hydroxyl groups is 1. The molecule has 0 aliphatic carbocycles. The van der Waals surface area contributed by atoms with Crippen LogP contribution in [0.25, 0.3) is 20.4 Å².